The first-order valence-corrected chi connectivity index (χ1v) is 8.60. The highest BCUT2D eigenvalue weighted by Gasteiger charge is 2.20. The number of hydrogen-bond acceptors (Lipinski definition) is 7. The molecule has 0 spiro atoms. The average molecular weight is 356 g/mol. The van der Waals surface area contributed by atoms with Gasteiger partial charge in [0.25, 0.3) is 0 Å². The van der Waals surface area contributed by atoms with E-state index in [0.717, 1.165) is 21.5 Å². The Morgan fingerprint density at radius 1 is 1.32 bits per heavy atom. The normalized spacial score (nSPS) is 11.5. The zero-order valence-corrected chi connectivity index (χ0v) is 14.9. The number of rotatable bonds is 4. The van der Waals surface area contributed by atoms with Crippen LogP contribution >= 0.6 is 11.3 Å². The number of esters is 1. The summed E-state index contributed by atoms with van der Waals surface area (Å²) < 4.78 is 8.38. The van der Waals surface area contributed by atoms with Crippen LogP contribution in [0.5, 0.6) is 0 Å². The molecule has 0 aliphatic heterocycles. The zero-order chi connectivity index (χ0) is 17.6. The van der Waals surface area contributed by atoms with Gasteiger partial charge in [0.2, 0.25) is 0 Å². The van der Waals surface area contributed by atoms with Crippen molar-refractivity contribution in [3.63, 3.8) is 0 Å². The zero-order valence-electron chi connectivity index (χ0n) is 14.1. The van der Waals surface area contributed by atoms with Gasteiger partial charge >= 0.3 is 5.97 Å². The molecule has 0 fully saturated rings. The number of aryl methyl sites for hydroxylation is 4. The number of thiophene rings is 1. The molecule has 8 nitrogen and oxygen atoms in total. The number of ether oxygens (including phenoxy) is 1. The maximum Gasteiger partial charge on any atom is 0.348 e. The van der Waals surface area contributed by atoms with Crippen LogP contribution in [0.25, 0.3) is 15.9 Å². The summed E-state index contributed by atoms with van der Waals surface area (Å²) in [7, 11) is 1.38. The SMILES string of the molecule is COC(=O)c1sc2ncn3nc(CCn4ccc(C)n4)nc3c2c1C. The smallest absolute Gasteiger partial charge is 0.348 e. The first-order chi connectivity index (χ1) is 12.1. The third-order valence-electron chi connectivity index (χ3n) is 4.02. The van der Waals surface area contributed by atoms with Gasteiger partial charge in [-0.05, 0) is 25.5 Å². The molecule has 9 heteroatoms. The lowest BCUT2D eigenvalue weighted by molar-refractivity contribution is 0.0605. The predicted molar refractivity (Wildman–Crippen MR) is 92.9 cm³/mol. The molecule has 25 heavy (non-hydrogen) atoms. The number of methoxy groups -OCH3 is 1. The highest BCUT2D eigenvalue weighted by atomic mass is 32.1. The molecule has 0 saturated heterocycles. The summed E-state index contributed by atoms with van der Waals surface area (Å²) in [5, 5.41) is 9.71. The molecule has 0 aliphatic rings. The van der Waals surface area contributed by atoms with Crippen molar-refractivity contribution in [2.75, 3.05) is 7.11 Å². The van der Waals surface area contributed by atoms with Gasteiger partial charge in [0.15, 0.2) is 11.5 Å². The van der Waals surface area contributed by atoms with E-state index in [2.05, 4.69) is 20.2 Å². The Balaban J connectivity index is 1.73. The summed E-state index contributed by atoms with van der Waals surface area (Å²) in [6.45, 7) is 4.55. The van der Waals surface area contributed by atoms with E-state index in [1.807, 2.05) is 30.8 Å². The van der Waals surface area contributed by atoms with Crippen molar-refractivity contribution in [1.29, 1.82) is 0 Å². The van der Waals surface area contributed by atoms with E-state index in [0.29, 0.717) is 29.3 Å². The lowest BCUT2D eigenvalue weighted by Gasteiger charge is -1.97. The molecule has 0 radical (unpaired) electrons. The maximum atomic E-state index is 11.9. The molecule has 0 aliphatic carbocycles. The quantitative estimate of drug-likeness (QED) is 0.521. The predicted octanol–water partition coefficient (Wildman–Crippen LogP) is 2.18. The number of nitrogens with zero attached hydrogens (tertiary/aromatic N) is 6. The van der Waals surface area contributed by atoms with Crippen molar-refractivity contribution in [2.45, 2.75) is 26.8 Å². The fraction of sp³-hybridized carbons (Fsp3) is 0.312. The molecule has 0 unspecified atom stereocenters. The van der Waals surface area contributed by atoms with E-state index < -0.39 is 0 Å². The van der Waals surface area contributed by atoms with Gasteiger partial charge in [-0.2, -0.15) is 5.10 Å². The van der Waals surface area contributed by atoms with Crippen LogP contribution in [-0.2, 0) is 17.7 Å². The van der Waals surface area contributed by atoms with E-state index in [1.165, 1.54) is 18.4 Å². The summed E-state index contributed by atoms with van der Waals surface area (Å²) in [5.41, 5.74) is 2.52. The largest absolute Gasteiger partial charge is 0.465 e. The first-order valence-electron chi connectivity index (χ1n) is 7.78. The Morgan fingerprint density at radius 2 is 2.16 bits per heavy atom. The molecule has 128 valence electrons. The molecule has 0 N–H and O–H groups in total. The Hall–Kier alpha value is -2.81. The molecule has 0 aromatic carbocycles. The van der Waals surface area contributed by atoms with Crippen LogP contribution in [0.4, 0.5) is 0 Å². The Bertz CT molecular complexity index is 1090. The van der Waals surface area contributed by atoms with Gasteiger partial charge in [-0.3, -0.25) is 4.68 Å². The van der Waals surface area contributed by atoms with Crippen LogP contribution in [-0.4, -0.2) is 42.4 Å². The fourth-order valence-electron chi connectivity index (χ4n) is 2.77. The minimum Gasteiger partial charge on any atom is -0.465 e. The van der Waals surface area contributed by atoms with Crippen molar-refractivity contribution in [2.24, 2.45) is 0 Å². The van der Waals surface area contributed by atoms with Crippen molar-refractivity contribution >= 4 is 33.2 Å². The Labute approximate surface area is 147 Å². The maximum absolute atomic E-state index is 11.9. The summed E-state index contributed by atoms with van der Waals surface area (Å²) in [6, 6.07) is 1.97. The van der Waals surface area contributed by atoms with Gasteiger partial charge in [-0.1, -0.05) is 0 Å². The van der Waals surface area contributed by atoms with Crippen molar-refractivity contribution in [3.8, 4) is 0 Å². The first kappa shape index (κ1) is 15.7. The van der Waals surface area contributed by atoms with Gasteiger partial charge in [0, 0.05) is 19.2 Å². The second-order valence-corrected chi connectivity index (χ2v) is 6.74. The van der Waals surface area contributed by atoms with E-state index in [9.17, 15) is 4.79 Å². The van der Waals surface area contributed by atoms with Crippen molar-refractivity contribution in [3.05, 3.63) is 40.5 Å². The number of aromatic nitrogens is 6. The lowest BCUT2D eigenvalue weighted by Crippen LogP contribution is -2.03. The second-order valence-electron chi connectivity index (χ2n) is 5.74. The van der Waals surface area contributed by atoms with E-state index in [1.54, 1.807) is 10.8 Å². The van der Waals surface area contributed by atoms with Crippen LogP contribution in [0, 0.1) is 13.8 Å². The topological polar surface area (TPSA) is 87.2 Å². The molecule has 4 aromatic heterocycles. The van der Waals surface area contributed by atoms with Gasteiger partial charge in [-0.25, -0.2) is 19.3 Å². The van der Waals surface area contributed by atoms with E-state index >= 15 is 0 Å². The van der Waals surface area contributed by atoms with Crippen LogP contribution in [0.1, 0.15) is 26.8 Å². The Kier molecular flexibility index (Phi) is 3.72. The second kappa shape index (κ2) is 5.92. The average Bonchev–Trinajstić information content (AvgIpc) is 3.29. The third kappa shape index (κ3) is 2.66. The fourth-order valence-corrected chi connectivity index (χ4v) is 3.84. The highest BCUT2D eigenvalue weighted by molar-refractivity contribution is 7.20. The van der Waals surface area contributed by atoms with Crippen LogP contribution in [0.2, 0.25) is 0 Å². The molecule has 4 aromatic rings. The van der Waals surface area contributed by atoms with Gasteiger partial charge < -0.3 is 4.74 Å². The van der Waals surface area contributed by atoms with Gasteiger partial charge in [0.05, 0.1) is 18.2 Å². The number of fused-ring (bicyclic) bond motifs is 3. The monoisotopic (exact) mass is 356 g/mol. The van der Waals surface area contributed by atoms with Crippen molar-refractivity contribution < 1.29 is 9.53 Å². The molecule has 0 saturated carbocycles. The third-order valence-corrected chi connectivity index (χ3v) is 5.20. The summed E-state index contributed by atoms with van der Waals surface area (Å²) >= 11 is 1.31. The minimum absolute atomic E-state index is 0.354. The number of carbonyl (C=O) groups is 1. The lowest BCUT2D eigenvalue weighted by atomic mass is 10.2. The van der Waals surface area contributed by atoms with Crippen LogP contribution < -0.4 is 0 Å². The number of carbonyl (C=O) groups excluding carboxylic acids is 1. The van der Waals surface area contributed by atoms with Crippen LogP contribution in [0.3, 0.4) is 0 Å². The molecule has 0 bridgehead atoms. The summed E-state index contributed by atoms with van der Waals surface area (Å²) in [6.07, 6.45) is 4.23. The molecule has 4 rings (SSSR count). The van der Waals surface area contributed by atoms with Gasteiger partial charge in [0.1, 0.15) is 16.0 Å². The number of hydrogen-bond donors (Lipinski definition) is 0. The molecular weight excluding hydrogens is 340 g/mol. The molecule has 4 heterocycles. The standard InChI is InChI=1S/C16H16N6O2S/c1-9-4-6-21(19-9)7-5-11-18-14-12-10(2)13(16(23)24-3)25-15(12)17-8-22(14)20-11/h4,6,8H,5,7H2,1-3H3. The molecule has 0 amide bonds. The van der Waals surface area contributed by atoms with E-state index in [-0.39, 0.29) is 5.97 Å². The van der Waals surface area contributed by atoms with E-state index in [4.69, 9.17) is 4.74 Å². The van der Waals surface area contributed by atoms with Crippen molar-refractivity contribution in [1.82, 2.24) is 29.4 Å². The van der Waals surface area contributed by atoms with Crippen LogP contribution in [0.15, 0.2) is 18.6 Å². The highest BCUT2D eigenvalue weighted by Crippen LogP contribution is 2.32. The molecular formula is C16H16N6O2S. The Morgan fingerprint density at radius 3 is 2.88 bits per heavy atom. The summed E-state index contributed by atoms with van der Waals surface area (Å²) in [4.78, 5) is 22.3. The minimum atomic E-state index is -0.354. The van der Waals surface area contributed by atoms with Gasteiger partial charge in [-0.15, -0.1) is 16.4 Å². The molecule has 0 atom stereocenters. The summed E-state index contributed by atoms with van der Waals surface area (Å²) in [5.74, 6) is 0.361.